The summed E-state index contributed by atoms with van der Waals surface area (Å²) in [5, 5.41) is 12.8. The van der Waals surface area contributed by atoms with Gasteiger partial charge in [-0.2, -0.15) is 0 Å². The van der Waals surface area contributed by atoms with Crippen LogP contribution in [0.25, 0.3) is 0 Å². The number of rotatable bonds is 9. The number of nitrogens with zero attached hydrogens (tertiary/aromatic N) is 1. The summed E-state index contributed by atoms with van der Waals surface area (Å²) in [6.45, 7) is 2.81. The van der Waals surface area contributed by atoms with Gasteiger partial charge in [0.05, 0.1) is 12.2 Å². The molecule has 1 amide bonds. The summed E-state index contributed by atoms with van der Waals surface area (Å²) in [4.78, 5) is 13.6. The van der Waals surface area contributed by atoms with Gasteiger partial charge in [-0.1, -0.05) is 29.4 Å². The van der Waals surface area contributed by atoms with Crippen molar-refractivity contribution < 1.29 is 14.1 Å². The van der Waals surface area contributed by atoms with E-state index in [-0.39, 0.29) is 5.91 Å². The van der Waals surface area contributed by atoms with E-state index in [0.717, 1.165) is 37.4 Å². The number of piperidine rings is 1. The van der Waals surface area contributed by atoms with Crippen LogP contribution in [0.15, 0.2) is 58.4 Å². The number of thiophene rings is 1. The van der Waals surface area contributed by atoms with Crippen molar-refractivity contribution in [2.45, 2.75) is 32.4 Å². The minimum Gasteiger partial charge on any atom is -0.486 e. The van der Waals surface area contributed by atoms with E-state index < -0.39 is 0 Å². The molecule has 1 saturated heterocycles. The second-order valence-corrected chi connectivity index (χ2v) is 8.70. The highest BCUT2D eigenvalue weighted by Gasteiger charge is 2.28. The highest BCUT2D eigenvalue weighted by molar-refractivity contribution is 7.09. The van der Waals surface area contributed by atoms with Crippen LogP contribution in [0.3, 0.4) is 0 Å². The molecule has 7 heteroatoms. The molecule has 0 bridgehead atoms. The molecule has 2 atom stereocenters. The second-order valence-electron chi connectivity index (χ2n) is 7.66. The number of benzene rings is 1. The lowest BCUT2D eigenvalue weighted by Gasteiger charge is -2.31. The molecule has 2 N–H and O–H groups in total. The molecule has 2 aromatic heterocycles. The van der Waals surface area contributed by atoms with E-state index in [2.05, 4.69) is 15.8 Å². The van der Waals surface area contributed by atoms with Crippen molar-refractivity contribution in [3.8, 4) is 5.75 Å². The SMILES string of the molecule is O=C(C[C@@H]1CCNC[C@H]1Cc1cc(COc2ccccc2)on1)NCc1cccs1. The molecule has 3 aromatic rings. The number of hydrogen-bond donors (Lipinski definition) is 2. The summed E-state index contributed by atoms with van der Waals surface area (Å²) in [5.41, 5.74) is 0.916. The maximum Gasteiger partial charge on any atom is 0.220 e. The Bertz CT molecular complexity index is 911. The minimum absolute atomic E-state index is 0.123. The van der Waals surface area contributed by atoms with Gasteiger partial charge in [0.15, 0.2) is 5.76 Å². The number of amides is 1. The van der Waals surface area contributed by atoms with Crippen LogP contribution in [-0.4, -0.2) is 24.2 Å². The number of aromatic nitrogens is 1. The maximum absolute atomic E-state index is 12.5. The Morgan fingerprint density at radius 1 is 1.23 bits per heavy atom. The zero-order valence-electron chi connectivity index (χ0n) is 16.9. The smallest absolute Gasteiger partial charge is 0.220 e. The third-order valence-corrected chi connectivity index (χ3v) is 6.33. The fourth-order valence-corrected chi connectivity index (χ4v) is 4.50. The molecular weight excluding hydrogens is 398 g/mol. The number of carbonyl (C=O) groups excluding carboxylic acids is 1. The molecule has 1 aliphatic rings. The number of ether oxygens (including phenoxy) is 1. The maximum atomic E-state index is 12.5. The van der Waals surface area contributed by atoms with Crippen LogP contribution in [0.5, 0.6) is 5.75 Å². The van der Waals surface area contributed by atoms with Crippen LogP contribution in [0.2, 0.25) is 0 Å². The van der Waals surface area contributed by atoms with Crippen molar-refractivity contribution in [3.63, 3.8) is 0 Å². The molecule has 0 aliphatic carbocycles. The largest absolute Gasteiger partial charge is 0.486 e. The lowest BCUT2D eigenvalue weighted by molar-refractivity contribution is -0.122. The molecule has 158 valence electrons. The summed E-state index contributed by atoms with van der Waals surface area (Å²) >= 11 is 1.66. The van der Waals surface area contributed by atoms with E-state index in [1.807, 2.05) is 53.9 Å². The molecule has 4 rings (SSSR count). The van der Waals surface area contributed by atoms with Gasteiger partial charge in [-0.25, -0.2) is 0 Å². The van der Waals surface area contributed by atoms with Crippen LogP contribution < -0.4 is 15.4 Å². The van der Waals surface area contributed by atoms with Crippen LogP contribution in [0, 0.1) is 11.8 Å². The molecule has 0 spiro atoms. The topological polar surface area (TPSA) is 76.4 Å². The second kappa shape index (κ2) is 10.4. The first kappa shape index (κ1) is 20.6. The standard InChI is InChI=1S/C23H27N3O3S/c27-23(25-15-22-7-4-10-30-22)12-17-8-9-24-14-18(17)11-19-13-21(29-26-19)16-28-20-5-2-1-3-6-20/h1-7,10,13,17-18,24H,8-9,11-12,14-16H2,(H,25,27)/t17-,18+/m0/s1. The lowest BCUT2D eigenvalue weighted by Crippen LogP contribution is -2.40. The Hall–Kier alpha value is -2.64. The van der Waals surface area contributed by atoms with E-state index >= 15 is 0 Å². The molecular formula is C23H27N3O3S. The van der Waals surface area contributed by atoms with E-state index in [9.17, 15) is 4.79 Å². The van der Waals surface area contributed by atoms with Gasteiger partial charge in [0.1, 0.15) is 12.4 Å². The predicted molar refractivity (Wildman–Crippen MR) is 116 cm³/mol. The van der Waals surface area contributed by atoms with Gasteiger partial charge in [-0.3, -0.25) is 4.79 Å². The molecule has 0 saturated carbocycles. The molecule has 3 heterocycles. The van der Waals surface area contributed by atoms with E-state index in [1.54, 1.807) is 11.3 Å². The van der Waals surface area contributed by atoms with Gasteiger partial charge in [-0.15, -0.1) is 11.3 Å². The fourth-order valence-electron chi connectivity index (χ4n) is 3.85. The van der Waals surface area contributed by atoms with Gasteiger partial charge in [0, 0.05) is 17.4 Å². The molecule has 30 heavy (non-hydrogen) atoms. The Morgan fingerprint density at radius 3 is 2.97 bits per heavy atom. The van der Waals surface area contributed by atoms with Gasteiger partial charge in [0.25, 0.3) is 0 Å². The predicted octanol–water partition coefficient (Wildman–Crippen LogP) is 3.79. The van der Waals surface area contributed by atoms with E-state index in [4.69, 9.17) is 9.26 Å². The summed E-state index contributed by atoms with van der Waals surface area (Å²) in [6.07, 6.45) is 2.35. The van der Waals surface area contributed by atoms with Crippen molar-refractivity contribution in [3.05, 3.63) is 70.2 Å². The number of carbonyl (C=O) groups is 1. The molecule has 1 aliphatic heterocycles. The Kier molecular flexibility index (Phi) is 7.16. The van der Waals surface area contributed by atoms with Gasteiger partial charge in [0.2, 0.25) is 5.91 Å². The third kappa shape index (κ3) is 5.93. The van der Waals surface area contributed by atoms with Crippen LogP contribution in [0.1, 0.15) is 29.2 Å². The average Bonchev–Trinajstić information content (AvgIpc) is 3.45. The molecule has 1 aromatic carbocycles. The number of para-hydroxylation sites is 1. The van der Waals surface area contributed by atoms with E-state index in [0.29, 0.717) is 37.2 Å². The Balaban J connectivity index is 1.27. The normalized spacial score (nSPS) is 18.8. The van der Waals surface area contributed by atoms with Crippen LogP contribution in [0.4, 0.5) is 0 Å². The quantitative estimate of drug-likeness (QED) is 0.546. The monoisotopic (exact) mass is 425 g/mol. The summed E-state index contributed by atoms with van der Waals surface area (Å²) < 4.78 is 11.2. The summed E-state index contributed by atoms with van der Waals surface area (Å²) in [6, 6.07) is 15.7. The number of hydrogen-bond acceptors (Lipinski definition) is 6. The van der Waals surface area contributed by atoms with Crippen molar-refractivity contribution >= 4 is 17.2 Å². The highest BCUT2D eigenvalue weighted by Crippen LogP contribution is 2.26. The Morgan fingerprint density at radius 2 is 2.13 bits per heavy atom. The molecule has 6 nitrogen and oxygen atoms in total. The van der Waals surface area contributed by atoms with Crippen molar-refractivity contribution in [1.29, 1.82) is 0 Å². The zero-order valence-corrected chi connectivity index (χ0v) is 17.7. The molecule has 0 unspecified atom stereocenters. The van der Waals surface area contributed by atoms with Crippen molar-refractivity contribution in [1.82, 2.24) is 15.8 Å². The first-order chi connectivity index (χ1) is 14.8. The highest BCUT2D eigenvalue weighted by atomic mass is 32.1. The zero-order chi connectivity index (χ0) is 20.6. The first-order valence-electron chi connectivity index (χ1n) is 10.4. The summed E-state index contributed by atoms with van der Waals surface area (Å²) in [7, 11) is 0. The Labute approximate surface area is 180 Å². The fraction of sp³-hybridized carbons (Fsp3) is 0.391. The average molecular weight is 426 g/mol. The molecule has 1 fully saturated rings. The van der Waals surface area contributed by atoms with Crippen LogP contribution in [-0.2, 0) is 24.4 Å². The minimum atomic E-state index is 0.123. The third-order valence-electron chi connectivity index (χ3n) is 5.46. The van der Waals surface area contributed by atoms with Crippen LogP contribution >= 0.6 is 11.3 Å². The first-order valence-corrected chi connectivity index (χ1v) is 11.3. The van der Waals surface area contributed by atoms with E-state index in [1.165, 1.54) is 4.88 Å². The lowest BCUT2D eigenvalue weighted by atomic mass is 9.81. The van der Waals surface area contributed by atoms with Gasteiger partial charge < -0.3 is 19.9 Å². The van der Waals surface area contributed by atoms with Gasteiger partial charge in [-0.05, 0) is 61.3 Å². The molecule has 0 radical (unpaired) electrons. The van der Waals surface area contributed by atoms with Crippen molar-refractivity contribution in [2.24, 2.45) is 11.8 Å². The summed E-state index contributed by atoms with van der Waals surface area (Å²) in [5.74, 6) is 2.34. The van der Waals surface area contributed by atoms with Gasteiger partial charge >= 0.3 is 0 Å². The number of nitrogens with one attached hydrogen (secondary N) is 2. The van der Waals surface area contributed by atoms with Crippen molar-refractivity contribution in [2.75, 3.05) is 13.1 Å².